The van der Waals surface area contributed by atoms with Crippen LogP contribution in [0, 0.1) is 11.3 Å². The van der Waals surface area contributed by atoms with E-state index in [0.29, 0.717) is 34.1 Å². The molecule has 0 radical (unpaired) electrons. The number of alkyl halides is 6. The third kappa shape index (κ3) is 7.05. The predicted octanol–water partition coefficient (Wildman–Crippen LogP) is 19.3. The lowest BCUT2D eigenvalue weighted by Gasteiger charge is -2.21. The molecule has 5 nitrogen and oxygen atoms in total. The Morgan fingerprint density at radius 3 is 1.19 bits per heavy atom. The maximum absolute atomic E-state index is 15.3. The van der Waals surface area contributed by atoms with Crippen molar-refractivity contribution < 1.29 is 26.3 Å². The highest BCUT2D eigenvalue weighted by Gasteiger charge is 2.39. The Kier molecular flexibility index (Phi) is 10.2. The van der Waals surface area contributed by atoms with Gasteiger partial charge in [0, 0.05) is 65.6 Å². The van der Waals surface area contributed by atoms with Crippen LogP contribution in [-0.4, -0.2) is 18.3 Å². The van der Waals surface area contributed by atoms with E-state index in [2.05, 4.69) is 92.6 Å². The van der Waals surface area contributed by atoms with Gasteiger partial charge >= 0.3 is 12.4 Å². The number of nitrogens with zero attached hydrogens (tertiary/aromatic N) is 5. The molecular weight excluding hydrogens is 1010 g/mol. The van der Waals surface area contributed by atoms with Crippen molar-refractivity contribution in [2.45, 2.75) is 12.4 Å². The number of nitriles is 1. The van der Waals surface area contributed by atoms with Crippen molar-refractivity contribution in [1.82, 2.24) is 18.3 Å². The summed E-state index contributed by atoms with van der Waals surface area (Å²) in [5, 5.41) is 18.6. The number of rotatable bonds is 6. The molecular formula is C69H39F6N5. The lowest BCUT2D eigenvalue weighted by molar-refractivity contribution is -0.142. The molecule has 15 rings (SSSR count). The highest BCUT2D eigenvalue weighted by atomic mass is 19.4. The maximum atomic E-state index is 15.3. The van der Waals surface area contributed by atoms with Crippen LogP contribution in [-0.2, 0) is 12.4 Å². The average Bonchev–Trinajstić information content (AvgIpc) is 4.39. The van der Waals surface area contributed by atoms with Crippen LogP contribution in [0.15, 0.2) is 237 Å². The van der Waals surface area contributed by atoms with E-state index in [-0.39, 0.29) is 11.6 Å². The average molecular weight is 1050 g/mol. The van der Waals surface area contributed by atoms with Crippen molar-refractivity contribution >= 4 is 87.2 Å². The third-order valence-electron chi connectivity index (χ3n) is 15.8. The van der Waals surface area contributed by atoms with Gasteiger partial charge in [-0.05, 0) is 120 Å². The van der Waals surface area contributed by atoms with Crippen molar-refractivity contribution in [3.05, 3.63) is 253 Å². The van der Waals surface area contributed by atoms with E-state index in [4.69, 9.17) is 0 Å². The topological polar surface area (TPSA) is 43.5 Å². The zero-order valence-electron chi connectivity index (χ0n) is 42.0. The highest BCUT2D eigenvalue weighted by molar-refractivity contribution is 6.21. The van der Waals surface area contributed by atoms with E-state index >= 15 is 13.2 Å². The number of para-hydroxylation sites is 6. The highest BCUT2D eigenvalue weighted by Crippen LogP contribution is 2.48. The number of fused-ring (bicyclic) bond motifs is 12. The van der Waals surface area contributed by atoms with E-state index in [1.165, 1.54) is 6.07 Å². The van der Waals surface area contributed by atoms with E-state index in [1.807, 2.05) is 126 Å². The molecule has 0 amide bonds. The maximum Gasteiger partial charge on any atom is 0.417 e. The number of hydrogen-bond acceptors (Lipinski definition) is 1. The molecule has 0 atom stereocenters. The summed E-state index contributed by atoms with van der Waals surface area (Å²) in [5.41, 5.74) is 8.39. The fourth-order valence-corrected chi connectivity index (χ4v) is 12.4. The molecule has 15 aromatic rings. The zero-order chi connectivity index (χ0) is 54.2. The Balaban J connectivity index is 1.08. The standard InChI is InChI=1S/C69H39F6N5/c70-68(71,72)43-29-31-46(57(35-43)69(73,74)75)42-28-30-51(63(34-42)80-61-26-14-10-22-50(61)56-37-54-48-20-8-12-24-59(48)78(65(54)39-67(56)80)45-17-5-2-6-18-45)52-33-41(40-76)27-32-62(52)79-60-25-13-9-21-49(60)55-36-53-47-19-7-11-23-58(47)77(64(53)38-66(55)79)44-15-3-1-4-16-44/h1-39H. The Morgan fingerprint density at radius 2 is 0.725 bits per heavy atom. The summed E-state index contributed by atoms with van der Waals surface area (Å²) >= 11 is 0. The van der Waals surface area contributed by atoms with Gasteiger partial charge in [-0.3, -0.25) is 0 Å². The van der Waals surface area contributed by atoms with Crippen LogP contribution in [0.4, 0.5) is 26.3 Å². The first-order valence-electron chi connectivity index (χ1n) is 25.9. The van der Waals surface area contributed by atoms with Gasteiger partial charge in [0.15, 0.2) is 0 Å². The van der Waals surface area contributed by atoms with Gasteiger partial charge in [-0.15, -0.1) is 0 Å². The van der Waals surface area contributed by atoms with Gasteiger partial charge in [0.25, 0.3) is 0 Å². The van der Waals surface area contributed by atoms with Crippen LogP contribution in [0.5, 0.6) is 0 Å². The van der Waals surface area contributed by atoms with Crippen LogP contribution in [0.25, 0.3) is 132 Å². The first kappa shape index (κ1) is 46.9. The van der Waals surface area contributed by atoms with Crippen molar-refractivity contribution in [3.63, 3.8) is 0 Å². The monoisotopic (exact) mass is 1050 g/mol. The summed E-state index contributed by atoms with van der Waals surface area (Å²) in [6.45, 7) is 0. The molecule has 4 heterocycles. The SMILES string of the molecule is N#Cc1ccc(-n2c3ccccc3c3cc4c5ccccc5n(-c5ccccc5)c4cc32)c(-c2ccc(-c3ccc(C(F)(F)F)cc3C(F)(F)F)cc2-n2c3ccccc3c3cc4c5ccccc5n(-c5ccccc5)c4cc32)c1. The predicted molar refractivity (Wildman–Crippen MR) is 309 cm³/mol. The quantitative estimate of drug-likeness (QED) is 0.153. The molecule has 0 aliphatic rings. The smallest absolute Gasteiger partial charge is 0.309 e. The molecule has 0 aliphatic carbocycles. The van der Waals surface area contributed by atoms with Crippen molar-refractivity contribution in [1.29, 1.82) is 5.26 Å². The summed E-state index contributed by atoms with van der Waals surface area (Å²) in [7, 11) is 0. The summed E-state index contributed by atoms with van der Waals surface area (Å²) in [6.07, 6.45) is -10.2. The summed E-state index contributed by atoms with van der Waals surface area (Å²) < 4.78 is 97.2. The zero-order valence-corrected chi connectivity index (χ0v) is 42.0. The molecule has 382 valence electrons. The molecule has 11 heteroatoms. The van der Waals surface area contributed by atoms with Crippen molar-refractivity contribution in [2.75, 3.05) is 0 Å². The molecule has 0 bridgehead atoms. The minimum absolute atomic E-state index is 0.0428. The minimum Gasteiger partial charge on any atom is -0.309 e. The van der Waals surface area contributed by atoms with Gasteiger partial charge in [-0.1, -0.05) is 127 Å². The van der Waals surface area contributed by atoms with Gasteiger partial charge in [0.05, 0.1) is 78.3 Å². The molecule has 0 saturated carbocycles. The number of benzene rings is 11. The van der Waals surface area contributed by atoms with Gasteiger partial charge in [-0.25, -0.2) is 0 Å². The number of hydrogen-bond donors (Lipinski definition) is 0. The van der Waals surface area contributed by atoms with Crippen LogP contribution in [0.2, 0.25) is 0 Å². The Hall–Kier alpha value is -10.3. The molecule has 4 aromatic heterocycles. The molecule has 0 fully saturated rings. The Morgan fingerprint density at radius 1 is 0.300 bits per heavy atom. The van der Waals surface area contributed by atoms with Crippen LogP contribution in [0.1, 0.15) is 16.7 Å². The van der Waals surface area contributed by atoms with Crippen molar-refractivity contribution in [2.24, 2.45) is 0 Å². The second-order valence-electron chi connectivity index (χ2n) is 20.2. The lowest BCUT2D eigenvalue weighted by atomic mass is 9.92. The van der Waals surface area contributed by atoms with E-state index < -0.39 is 29.0 Å². The largest absolute Gasteiger partial charge is 0.417 e. The summed E-state index contributed by atoms with van der Waals surface area (Å²) in [6, 6.07) is 76.0. The molecule has 11 aromatic carbocycles. The molecule has 0 saturated heterocycles. The second kappa shape index (κ2) is 17.3. The Bertz CT molecular complexity index is 5110. The Labute approximate surface area is 451 Å². The molecule has 0 aliphatic heterocycles. The van der Waals surface area contributed by atoms with Gasteiger partial charge in [-0.2, -0.15) is 31.6 Å². The fraction of sp³-hybridized carbons (Fsp3) is 0.0290. The summed E-state index contributed by atoms with van der Waals surface area (Å²) in [4.78, 5) is 0. The van der Waals surface area contributed by atoms with Gasteiger partial charge < -0.3 is 18.3 Å². The molecule has 0 unspecified atom stereocenters. The summed E-state index contributed by atoms with van der Waals surface area (Å²) in [5.74, 6) is 0. The van der Waals surface area contributed by atoms with E-state index in [1.54, 1.807) is 18.2 Å². The van der Waals surface area contributed by atoms with Crippen LogP contribution < -0.4 is 0 Å². The molecule has 0 N–H and O–H groups in total. The number of halogens is 6. The van der Waals surface area contributed by atoms with Crippen molar-refractivity contribution in [3.8, 4) is 51.1 Å². The second-order valence-corrected chi connectivity index (χ2v) is 20.2. The fourth-order valence-electron chi connectivity index (χ4n) is 12.4. The van der Waals surface area contributed by atoms with Crippen LogP contribution in [0.3, 0.4) is 0 Å². The van der Waals surface area contributed by atoms with E-state index in [9.17, 15) is 18.4 Å². The molecule has 0 spiro atoms. The normalized spacial score (nSPS) is 12.4. The van der Waals surface area contributed by atoms with E-state index in [0.717, 1.165) is 105 Å². The first-order chi connectivity index (χ1) is 38.9. The van der Waals surface area contributed by atoms with Gasteiger partial charge in [0.1, 0.15) is 0 Å². The lowest BCUT2D eigenvalue weighted by Crippen LogP contribution is -2.12. The first-order valence-corrected chi connectivity index (χ1v) is 25.9. The third-order valence-corrected chi connectivity index (χ3v) is 15.8. The molecule has 80 heavy (non-hydrogen) atoms. The van der Waals surface area contributed by atoms with Crippen LogP contribution >= 0.6 is 0 Å². The number of aromatic nitrogens is 4. The van der Waals surface area contributed by atoms with Gasteiger partial charge in [0.2, 0.25) is 0 Å². The minimum atomic E-state index is -5.15.